The van der Waals surface area contributed by atoms with E-state index in [9.17, 15) is 8.42 Å². The van der Waals surface area contributed by atoms with E-state index in [0.717, 1.165) is 0 Å². The molecule has 1 saturated carbocycles. The molecule has 0 unspecified atom stereocenters. The molecule has 1 rings (SSSR count). The van der Waals surface area contributed by atoms with Crippen molar-refractivity contribution in [1.29, 1.82) is 0 Å². The number of nitrogens with two attached hydrogens (primary N) is 2. The van der Waals surface area contributed by atoms with Crippen molar-refractivity contribution in [3.63, 3.8) is 0 Å². The van der Waals surface area contributed by atoms with E-state index in [4.69, 9.17) is 11.5 Å². The minimum Gasteiger partial charge on any atom is -0.329 e. The molecule has 4 nitrogen and oxygen atoms in total. The van der Waals surface area contributed by atoms with Crippen LogP contribution in [0, 0.1) is 0 Å². The van der Waals surface area contributed by atoms with Crippen LogP contribution in [0.4, 0.5) is 0 Å². The molecule has 10 heavy (non-hydrogen) atoms. The van der Waals surface area contributed by atoms with Gasteiger partial charge in [0, 0.05) is 18.3 Å². The van der Waals surface area contributed by atoms with Gasteiger partial charge < -0.3 is 11.5 Å². The summed E-state index contributed by atoms with van der Waals surface area (Å²) in [6.45, 7) is 0.255. The molecule has 0 saturated heterocycles. The van der Waals surface area contributed by atoms with Gasteiger partial charge in [-0.15, -0.1) is 0 Å². The summed E-state index contributed by atoms with van der Waals surface area (Å²) in [4.78, 5) is 0. The Balaban J connectivity index is 2.71. The highest BCUT2D eigenvalue weighted by Crippen LogP contribution is 2.37. The zero-order valence-electron chi connectivity index (χ0n) is 5.87. The fraction of sp³-hybridized carbons (Fsp3) is 1.00. The van der Waals surface area contributed by atoms with Gasteiger partial charge in [-0.1, -0.05) is 0 Å². The van der Waals surface area contributed by atoms with Gasteiger partial charge in [0.2, 0.25) is 0 Å². The lowest BCUT2D eigenvalue weighted by molar-refractivity contribution is 0.592. The second kappa shape index (κ2) is 1.93. The topological polar surface area (TPSA) is 86.2 Å². The van der Waals surface area contributed by atoms with Crippen LogP contribution in [0.1, 0.15) is 6.42 Å². The van der Waals surface area contributed by atoms with Crippen molar-refractivity contribution < 1.29 is 8.42 Å². The maximum Gasteiger partial charge on any atom is 0.152 e. The van der Waals surface area contributed by atoms with Crippen molar-refractivity contribution in [2.24, 2.45) is 11.5 Å². The van der Waals surface area contributed by atoms with E-state index in [0.29, 0.717) is 6.42 Å². The highest BCUT2D eigenvalue weighted by Gasteiger charge is 2.56. The molecule has 2 atom stereocenters. The predicted molar refractivity (Wildman–Crippen MR) is 39.2 cm³/mol. The van der Waals surface area contributed by atoms with E-state index >= 15 is 0 Å². The van der Waals surface area contributed by atoms with E-state index in [1.165, 1.54) is 6.26 Å². The molecule has 5 heteroatoms. The molecule has 0 aromatic heterocycles. The van der Waals surface area contributed by atoms with Crippen molar-refractivity contribution in [3.05, 3.63) is 0 Å². The smallest absolute Gasteiger partial charge is 0.152 e. The minimum absolute atomic E-state index is 0.255. The van der Waals surface area contributed by atoms with Gasteiger partial charge in [-0.05, 0) is 6.42 Å². The number of rotatable bonds is 2. The van der Waals surface area contributed by atoms with E-state index < -0.39 is 20.6 Å². The van der Waals surface area contributed by atoms with Crippen molar-refractivity contribution in [2.75, 3.05) is 12.8 Å². The average Bonchev–Trinajstić information content (AvgIpc) is 2.43. The van der Waals surface area contributed by atoms with Gasteiger partial charge in [-0.2, -0.15) is 0 Å². The van der Waals surface area contributed by atoms with Crippen LogP contribution in [0.25, 0.3) is 0 Å². The van der Waals surface area contributed by atoms with Gasteiger partial charge in [-0.3, -0.25) is 0 Å². The molecule has 0 amide bonds. The third-order valence-electron chi connectivity index (χ3n) is 1.94. The Bertz CT molecular complexity index is 236. The van der Waals surface area contributed by atoms with Crippen LogP contribution in [0.5, 0.6) is 0 Å². The molecule has 0 heterocycles. The van der Waals surface area contributed by atoms with Crippen molar-refractivity contribution in [3.8, 4) is 0 Å². The number of sulfone groups is 1. The van der Waals surface area contributed by atoms with Crippen LogP contribution in [-0.4, -0.2) is 32.0 Å². The molecule has 0 aliphatic heterocycles. The van der Waals surface area contributed by atoms with Gasteiger partial charge >= 0.3 is 0 Å². The predicted octanol–water partition coefficient (Wildman–Crippen LogP) is -1.54. The third-order valence-corrected chi connectivity index (χ3v) is 3.61. The molecule has 1 aliphatic rings. The summed E-state index contributed by atoms with van der Waals surface area (Å²) in [5.41, 5.74) is 10.2. The van der Waals surface area contributed by atoms with Gasteiger partial charge in [0.15, 0.2) is 9.84 Å². The molecule has 0 spiro atoms. The summed E-state index contributed by atoms with van der Waals surface area (Å²) in [6, 6.07) is 0. The largest absolute Gasteiger partial charge is 0.329 e. The Morgan fingerprint density at radius 3 is 2.30 bits per heavy atom. The fourth-order valence-electron chi connectivity index (χ4n) is 1.08. The van der Waals surface area contributed by atoms with Crippen LogP contribution in [0.3, 0.4) is 0 Å². The molecule has 0 aromatic carbocycles. The Hall–Kier alpha value is -0.130. The summed E-state index contributed by atoms with van der Waals surface area (Å²) >= 11 is 0. The van der Waals surface area contributed by atoms with Gasteiger partial charge in [0.1, 0.15) is 0 Å². The molecular weight excluding hydrogens is 152 g/mol. The maximum absolute atomic E-state index is 10.8. The van der Waals surface area contributed by atoms with Crippen LogP contribution < -0.4 is 11.5 Å². The van der Waals surface area contributed by atoms with Crippen LogP contribution in [0.2, 0.25) is 0 Å². The Labute approximate surface area is 60.5 Å². The Morgan fingerprint density at radius 2 is 2.20 bits per heavy atom. The highest BCUT2D eigenvalue weighted by molar-refractivity contribution is 7.91. The lowest BCUT2D eigenvalue weighted by atomic mass is 10.3. The molecule has 0 radical (unpaired) electrons. The quantitative estimate of drug-likeness (QED) is 0.518. The van der Waals surface area contributed by atoms with E-state index in [2.05, 4.69) is 0 Å². The highest BCUT2D eigenvalue weighted by atomic mass is 32.2. The SMILES string of the molecule is CS(=O)(=O)[C@@H]1C[C@]1(N)CN. The zero-order valence-corrected chi connectivity index (χ0v) is 6.69. The van der Waals surface area contributed by atoms with Gasteiger partial charge in [0.25, 0.3) is 0 Å². The Kier molecular flexibility index (Phi) is 1.54. The van der Waals surface area contributed by atoms with E-state index in [1.807, 2.05) is 0 Å². The summed E-state index contributed by atoms with van der Waals surface area (Å²) in [5.74, 6) is 0. The first-order valence-corrected chi connectivity index (χ1v) is 5.03. The summed E-state index contributed by atoms with van der Waals surface area (Å²) in [5, 5.41) is -0.398. The molecule has 1 fully saturated rings. The lowest BCUT2D eigenvalue weighted by Crippen LogP contribution is -2.37. The molecule has 0 aromatic rings. The van der Waals surface area contributed by atoms with Crippen molar-refractivity contribution in [1.82, 2.24) is 0 Å². The van der Waals surface area contributed by atoms with Crippen molar-refractivity contribution in [2.45, 2.75) is 17.2 Å². The van der Waals surface area contributed by atoms with E-state index in [-0.39, 0.29) is 6.54 Å². The lowest BCUT2D eigenvalue weighted by Gasteiger charge is -2.04. The van der Waals surface area contributed by atoms with E-state index in [1.54, 1.807) is 0 Å². The van der Waals surface area contributed by atoms with Crippen LogP contribution in [0.15, 0.2) is 0 Å². The first-order valence-electron chi connectivity index (χ1n) is 3.08. The average molecular weight is 164 g/mol. The first-order chi connectivity index (χ1) is 4.40. The fourth-order valence-corrected chi connectivity index (χ4v) is 2.64. The standard InChI is InChI=1S/C5H12N2O2S/c1-10(8,9)4-2-5(4,7)3-6/h4H,2-3,6-7H2,1H3/t4-,5+/m1/s1. The molecule has 0 bridgehead atoms. The summed E-state index contributed by atoms with van der Waals surface area (Å²) in [7, 11) is -2.95. The normalized spacial score (nSPS) is 39.7. The van der Waals surface area contributed by atoms with Crippen molar-refractivity contribution >= 4 is 9.84 Å². The van der Waals surface area contributed by atoms with Gasteiger partial charge in [0.05, 0.1) is 5.25 Å². The second-order valence-electron chi connectivity index (χ2n) is 2.96. The van der Waals surface area contributed by atoms with Crippen LogP contribution >= 0.6 is 0 Å². The first kappa shape index (κ1) is 7.97. The summed E-state index contributed by atoms with van der Waals surface area (Å²) in [6.07, 6.45) is 1.71. The maximum atomic E-state index is 10.8. The van der Waals surface area contributed by atoms with Gasteiger partial charge in [-0.25, -0.2) is 8.42 Å². The second-order valence-corrected chi connectivity index (χ2v) is 5.19. The zero-order chi connectivity index (χ0) is 7.99. The molecular formula is C5H12N2O2S. The molecule has 4 N–H and O–H groups in total. The minimum atomic E-state index is -2.95. The number of hydrogen-bond acceptors (Lipinski definition) is 4. The Morgan fingerprint density at radius 1 is 1.70 bits per heavy atom. The molecule has 1 aliphatic carbocycles. The molecule has 60 valence electrons. The van der Waals surface area contributed by atoms with Crippen LogP contribution in [-0.2, 0) is 9.84 Å². The summed E-state index contributed by atoms with van der Waals surface area (Å²) < 4.78 is 21.7. The number of hydrogen-bond donors (Lipinski definition) is 2. The third kappa shape index (κ3) is 1.16. The monoisotopic (exact) mass is 164 g/mol.